The number of carbonyl (C=O) groups excluding carboxylic acids is 1. The highest BCUT2D eigenvalue weighted by molar-refractivity contribution is 5.49. The van der Waals surface area contributed by atoms with Crippen molar-refractivity contribution in [1.29, 1.82) is 0 Å². The molecule has 0 heterocycles. The third-order valence-electron chi connectivity index (χ3n) is 3.77. The molecular formula is C12H23NO. The first kappa shape index (κ1) is 11.7. The topological polar surface area (TPSA) is 20.3 Å². The third-order valence-corrected chi connectivity index (χ3v) is 3.77. The molecule has 0 saturated heterocycles. The number of aldehydes is 1. The zero-order valence-electron chi connectivity index (χ0n) is 9.75. The Bertz CT molecular complexity index is 185. The van der Waals surface area contributed by atoms with E-state index < -0.39 is 0 Å². The minimum Gasteiger partial charge on any atom is -0.303 e. The zero-order chi connectivity index (χ0) is 10.6. The average Bonchev–Trinajstić information content (AvgIpc) is 2.08. The maximum absolute atomic E-state index is 10.3. The van der Waals surface area contributed by atoms with Gasteiger partial charge in [0.25, 0.3) is 0 Å². The van der Waals surface area contributed by atoms with Gasteiger partial charge in [0.1, 0.15) is 6.29 Å². The van der Waals surface area contributed by atoms with E-state index in [1.54, 1.807) is 0 Å². The minimum atomic E-state index is 0.428. The molecule has 0 aliphatic heterocycles. The van der Waals surface area contributed by atoms with E-state index >= 15 is 0 Å². The summed E-state index contributed by atoms with van der Waals surface area (Å²) in [6.07, 6.45) is 8.02. The normalized spacial score (nSPS) is 19.8. The molecule has 1 saturated carbocycles. The Morgan fingerprint density at radius 2 is 2.07 bits per heavy atom. The Kier molecular flexibility index (Phi) is 4.11. The Morgan fingerprint density at radius 3 is 2.43 bits per heavy atom. The molecule has 82 valence electrons. The molecular weight excluding hydrogens is 174 g/mol. The molecule has 1 aliphatic rings. The van der Waals surface area contributed by atoms with E-state index in [2.05, 4.69) is 25.8 Å². The smallest absolute Gasteiger partial charge is 0.119 e. The summed E-state index contributed by atoms with van der Waals surface area (Å²) in [5.41, 5.74) is 0.428. The second kappa shape index (κ2) is 4.92. The summed E-state index contributed by atoms with van der Waals surface area (Å²) in [5, 5.41) is 0. The standard InChI is InChI=1S/C12H23NO/c1-11(2)13(3)12(8-6-9-12)7-4-5-10-14/h10-11H,4-9H2,1-3H3. The molecule has 0 aromatic rings. The number of nitrogens with zero attached hydrogens (tertiary/aromatic N) is 1. The summed E-state index contributed by atoms with van der Waals surface area (Å²) in [4.78, 5) is 12.8. The van der Waals surface area contributed by atoms with Crippen molar-refractivity contribution >= 4 is 6.29 Å². The van der Waals surface area contributed by atoms with Crippen LogP contribution in [0.1, 0.15) is 52.4 Å². The average molecular weight is 197 g/mol. The summed E-state index contributed by atoms with van der Waals surface area (Å²) in [5.74, 6) is 0. The fourth-order valence-electron chi connectivity index (χ4n) is 2.43. The van der Waals surface area contributed by atoms with Crippen molar-refractivity contribution < 1.29 is 4.79 Å². The molecule has 0 aromatic carbocycles. The van der Waals surface area contributed by atoms with E-state index in [0.717, 1.165) is 19.1 Å². The van der Waals surface area contributed by atoms with Gasteiger partial charge in [0, 0.05) is 18.0 Å². The minimum absolute atomic E-state index is 0.428. The molecule has 2 nitrogen and oxygen atoms in total. The Morgan fingerprint density at radius 1 is 1.43 bits per heavy atom. The summed E-state index contributed by atoms with van der Waals surface area (Å²) < 4.78 is 0. The van der Waals surface area contributed by atoms with Gasteiger partial charge in [-0.2, -0.15) is 0 Å². The van der Waals surface area contributed by atoms with Crippen LogP contribution in [0.2, 0.25) is 0 Å². The van der Waals surface area contributed by atoms with Crippen molar-refractivity contribution in [1.82, 2.24) is 4.90 Å². The van der Waals surface area contributed by atoms with Gasteiger partial charge in [0.2, 0.25) is 0 Å². The molecule has 0 amide bonds. The molecule has 0 aromatic heterocycles. The molecule has 0 radical (unpaired) electrons. The lowest BCUT2D eigenvalue weighted by Crippen LogP contribution is -2.54. The number of hydrogen-bond donors (Lipinski definition) is 0. The molecule has 14 heavy (non-hydrogen) atoms. The van der Waals surface area contributed by atoms with Crippen molar-refractivity contribution in [2.45, 2.75) is 64.0 Å². The van der Waals surface area contributed by atoms with Crippen LogP contribution in [-0.2, 0) is 4.79 Å². The van der Waals surface area contributed by atoms with Crippen LogP contribution in [0.5, 0.6) is 0 Å². The molecule has 0 spiro atoms. The summed E-state index contributed by atoms with van der Waals surface area (Å²) in [6, 6.07) is 0.617. The highest BCUT2D eigenvalue weighted by Gasteiger charge is 2.40. The van der Waals surface area contributed by atoms with E-state index in [9.17, 15) is 4.79 Å². The molecule has 1 rings (SSSR count). The fourth-order valence-corrected chi connectivity index (χ4v) is 2.43. The maximum Gasteiger partial charge on any atom is 0.119 e. The number of unbranched alkanes of at least 4 members (excludes halogenated alkanes) is 1. The quantitative estimate of drug-likeness (QED) is 0.482. The number of carbonyl (C=O) groups is 1. The largest absolute Gasteiger partial charge is 0.303 e. The lowest BCUT2D eigenvalue weighted by Gasteiger charge is -2.51. The van der Waals surface area contributed by atoms with Crippen molar-refractivity contribution in [2.24, 2.45) is 0 Å². The Labute approximate surface area is 87.7 Å². The van der Waals surface area contributed by atoms with Crippen molar-refractivity contribution in [2.75, 3.05) is 7.05 Å². The predicted molar refractivity (Wildman–Crippen MR) is 59.4 cm³/mol. The van der Waals surface area contributed by atoms with Crippen molar-refractivity contribution in [3.05, 3.63) is 0 Å². The monoisotopic (exact) mass is 197 g/mol. The summed E-state index contributed by atoms with van der Waals surface area (Å²) in [6.45, 7) is 4.50. The number of rotatable bonds is 6. The lowest BCUT2D eigenvalue weighted by atomic mass is 9.72. The van der Waals surface area contributed by atoms with Gasteiger partial charge in [-0.15, -0.1) is 0 Å². The fraction of sp³-hybridized carbons (Fsp3) is 0.917. The van der Waals surface area contributed by atoms with Gasteiger partial charge in [-0.05, 0) is 53.0 Å². The second-order valence-corrected chi connectivity index (χ2v) is 4.84. The van der Waals surface area contributed by atoms with Crippen LogP contribution in [0.25, 0.3) is 0 Å². The van der Waals surface area contributed by atoms with Crippen LogP contribution >= 0.6 is 0 Å². The van der Waals surface area contributed by atoms with Crippen LogP contribution in [0.15, 0.2) is 0 Å². The molecule has 0 N–H and O–H groups in total. The van der Waals surface area contributed by atoms with E-state index in [4.69, 9.17) is 0 Å². The number of hydrogen-bond acceptors (Lipinski definition) is 2. The Hall–Kier alpha value is -0.370. The first-order valence-corrected chi connectivity index (χ1v) is 5.79. The van der Waals surface area contributed by atoms with Gasteiger partial charge in [0.05, 0.1) is 0 Å². The third kappa shape index (κ3) is 2.35. The first-order valence-electron chi connectivity index (χ1n) is 5.79. The van der Waals surface area contributed by atoms with Crippen molar-refractivity contribution in [3.8, 4) is 0 Å². The summed E-state index contributed by atoms with van der Waals surface area (Å²) >= 11 is 0. The molecule has 2 heteroatoms. The van der Waals surface area contributed by atoms with E-state index in [0.29, 0.717) is 11.6 Å². The summed E-state index contributed by atoms with van der Waals surface area (Å²) in [7, 11) is 2.23. The van der Waals surface area contributed by atoms with Crippen LogP contribution < -0.4 is 0 Å². The molecule has 0 atom stereocenters. The first-order chi connectivity index (χ1) is 6.62. The SMILES string of the molecule is CC(C)N(C)C1(CCCC=O)CCC1. The molecule has 0 bridgehead atoms. The van der Waals surface area contributed by atoms with Crippen LogP contribution in [-0.4, -0.2) is 29.8 Å². The second-order valence-electron chi connectivity index (χ2n) is 4.84. The highest BCUT2D eigenvalue weighted by atomic mass is 16.1. The van der Waals surface area contributed by atoms with Gasteiger partial charge >= 0.3 is 0 Å². The Balaban J connectivity index is 2.44. The predicted octanol–water partition coefficient (Wildman–Crippen LogP) is 2.62. The van der Waals surface area contributed by atoms with Crippen LogP contribution in [0, 0.1) is 0 Å². The van der Waals surface area contributed by atoms with Gasteiger partial charge < -0.3 is 4.79 Å². The lowest BCUT2D eigenvalue weighted by molar-refractivity contribution is -0.108. The molecule has 1 aliphatic carbocycles. The van der Waals surface area contributed by atoms with Gasteiger partial charge in [-0.1, -0.05) is 0 Å². The van der Waals surface area contributed by atoms with Crippen LogP contribution in [0.4, 0.5) is 0 Å². The van der Waals surface area contributed by atoms with Crippen LogP contribution in [0.3, 0.4) is 0 Å². The van der Waals surface area contributed by atoms with Gasteiger partial charge in [0.15, 0.2) is 0 Å². The van der Waals surface area contributed by atoms with E-state index in [1.165, 1.54) is 25.7 Å². The zero-order valence-corrected chi connectivity index (χ0v) is 9.75. The van der Waals surface area contributed by atoms with E-state index in [1.807, 2.05) is 0 Å². The molecule has 1 fully saturated rings. The molecule has 0 unspecified atom stereocenters. The van der Waals surface area contributed by atoms with Gasteiger partial charge in [-0.25, -0.2) is 0 Å². The maximum atomic E-state index is 10.3. The van der Waals surface area contributed by atoms with E-state index in [-0.39, 0.29) is 0 Å². The highest BCUT2D eigenvalue weighted by Crippen LogP contribution is 2.41. The van der Waals surface area contributed by atoms with Gasteiger partial charge in [-0.3, -0.25) is 4.90 Å². The van der Waals surface area contributed by atoms with Crippen molar-refractivity contribution in [3.63, 3.8) is 0 Å².